The third kappa shape index (κ3) is 2.61. The number of nitrogens with one attached hydrogen (secondary N) is 1. The van der Waals surface area contributed by atoms with Gasteiger partial charge < -0.3 is 10.1 Å². The number of anilines is 1. The number of rotatable bonds is 3. The van der Waals surface area contributed by atoms with Crippen LogP contribution in [0.2, 0.25) is 0 Å². The SMILES string of the molecule is COc1ccc2c(c1)C(Nc1cccc(Br)c1)CC2. The van der Waals surface area contributed by atoms with E-state index in [1.165, 1.54) is 11.1 Å². The Hall–Kier alpha value is -1.48. The van der Waals surface area contributed by atoms with Crippen molar-refractivity contribution >= 4 is 21.6 Å². The number of methoxy groups -OCH3 is 1. The van der Waals surface area contributed by atoms with Crippen molar-refractivity contribution in [2.75, 3.05) is 12.4 Å². The monoisotopic (exact) mass is 317 g/mol. The molecule has 2 nitrogen and oxygen atoms in total. The van der Waals surface area contributed by atoms with E-state index in [1.807, 2.05) is 18.2 Å². The molecule has 1 aliphatic carbocycles. The van der Waals surface area contributed by atoms with Gasteiger partial charge >= 0.3 is 0 Å². The number of halogens is 1. The minimum absolute atomic E-state index is 0.374. The van der Waals surface area contributed by atoms with Gasteiger partial charge in [0.2, 0.25) is 0 Å². The Morgan fingerprint density at radius 3 is 2.89 bits per heavy atom. The second kappa shape index (κ2) is 5.25. The molecule has 3 rings (SSSR count). The maximum atomic E-state index is 5.32. The molecule has 1 aliphatic rings. The van der Waals surface area contributed by atoms with Crippen molar-refractivity contribution in [3.63, 3.8) is 0 Å². The van der Waals surface area contributed by atoms with Crippen LogP contribution in [0, 0.1) is 0 Å². The smallest absolute Gasteiger partial charge is 0.119 e. The molecule has 0 saturated heterocycles. The van der Waals surface area contributed by atoms with E-state index >= 15 is 0 Å². The summed E-state index contributed by atoms with van der Waals surface area (Å²) >= 11 is 3.51. The van der Waals surface area contributed by atoms with Crippen LogP contribution in [0.5, 0.6) is 5.75 Å². The molecule has 1 unspecified atom stereocenters. The molecular weight excluding hydrogens is 302 g/mol. The van der Waals surface area contributed by atoms with Crippen molar-refractivity contribution in [1.82, 2.24) is 0 Å². The largest absolute Gasteiger partial charge is 0.497 e. The van der Waals surface area contributed by atoms with Gasteiger partial charge in [-0.3, -0.25) is 0 Å². The molecular formula is C16H16BrNO. The van der Waals surface area contributed by atoms with Crippen LogP contribution in [0.15, 0.2) is 46.9 Å². The van der Waals surface area contributed by atoms with Gasteiger partial charge in [0.1, 0.15) is 5.75 Å². The van der Waals surface area contributed by atoms with E-state index in [0.717, 1.165) is 28.8 Å². The predicted molar refractivity (Wildman–Crippen MR) is 81.8 cm³/mol. The Bertz CT molecular complexity index is 597. The highest BCUT2D eigenvalue weighted by Crippen LogP contribution is 2.36. The fourth-order valence-electron chi connectivity index (χ4n) is 2.64. The Morgan fingerprint density at radius 2 is 2.11 bits per heavy atom. The fourth-order valence-corrected chi connectivity index (χ4v) is 3.04. The zero-order valence-electron chi connectivity index (χ0n) is 10.8. The summed E-state index contributed by atoms with van der Waals surface area (Å²) < 4.78 is 6.42. The molecule has 3 heteroatoms. The van der Waals surface area contributed by atoms with E-state index in [0.29, 0.717) is 6.04 Å². The summed E-state index contributed by atoms with van der Waals surface area (Å²) in [6, 6.07) is 15.0. The van der Waals surface area contributed by atoms with Gasteiger partial charge in [0.25, 0.3) is 0 Å². The number of hydrogen-bond donors (Lipinski definition) is 1. The van der Waals surface area contributed by atoms with Gasteiger partial charge in [-0.25, -0.2) is 0 Å². The van der Waals surface area contributed by atoms with E-state index in [4.69, 9.17) is 4.74 Å². The van der Waals surface area contributed by atoms with Crippen LogP contribution in [0.25, 0.3) is 0 Å². The van der Waals surface area contributed by atoms with Crippen LogP contribution < -0.4 is 10.1 Å². The number of fused-ring (bicyclic) bond motifs is 1. The average molecular weight is 318 g/mol. The predicted octanol–water partition coefficient (Wildman–Crippen LogP) is 4.56. The summed E-state index contributed by atoms with van der Waals surface area (Å²) in [6.07, 6.45) is 2.26. The lowest BCUT2D eigenvalue weighted by molar-refractivity contribution is 0.414. The van der Waals surface area contributed by atoms with Crippen molar-refractivity contribution in [3.05, 3.63) is 58.1 Å². The van der Waals surface area contributed by atoms with E-state index in [2.05, 4.69) is 45.5 Å². The zero-order chi connectivity index (χ0) is 13.2. The minimum Gasteiger partial charge on any atom is -0.497 e. The highest BCUT2D eigenvalue weighted by atomic mass is 79.9. The standard InChI is InChI=1S/C16H16BrNO/c1-19-14-7-5-11-6-8-16(15(11)10-14)18-13-4-2-3-12(17)9-13/h2-5,7,9-10,16,18H,6,8H2,1H3. The van der Waals surface area contributed by atoms with Crippen molar-refractivity contribution in [3.8, 4) is 5.75 Å². The number of ether oxygens (including phenoxy) is 1. The van der Waals surface area contributed by atoms with E-state index in [1.54, 1.807) is 7.11 Å². The molecule has 0 bridgehead atoms. The van der Waals surface area contributed by atoms with Gasteiger partial charge in [0, 0.05) is 10.2 Å². The number of aryl methyl sites for hydroxylation is 1. The number of benzene rings is 2. The molecule has 0 saturated carbocycles. The van der Waals surface area contributed by atoms with E-state index < -0.39 is 0 Å². The van der Waals surface area contributed by atoms with E-state index in [-0.39, 0.29) is 0 Å². The second-order valence-corrected chi connectivity index (χ2v) is 5.73. The van der Waals surface area contributed by atoms with Crippen LogP contribution in [0.3, 0.4) is 0 Å². The molecule has 0 spiro atoms. The molecule has 2 aromatic carbocycles. The molecule has 98 valence electrons. The summed E-state index contributed by atoms with van der Waals surface area (Å²) in [5, 5.41) is 3.60. The summed E-state index contributed by atoms with van der Waals surface area (Å²) in [6.45, 7) is 0. The molecule has 0 amide bonds. The molecule has 2 aromatic rings. The maximum Gasteiger partial charge on any atom is 0.119 e. The quantitative estimate of drug-likeness (QED) is 0.896. The minimum atomic E-state index is 0.374. The average Bonchev–Trinajstić information content (AvgIpc) is 2.81. The Balaban J connectivity index is 1.85. The normalized spacial score (nSPS) is 17.1. The molecule has 0 aromatic heterocycles. The molecule has 0 aliphatic heterocycles. The van der Waals surface area contributed by atoms with Crippen molar-refractivity contribution in [2.24, 2.45) is 0 Å². The lowest BCUT2D eigenvalue weighted by atomic mass is 10.1. The summed E-state index contributed by atoms with van der Waals surface area (Å²) in [5.74, 6) is 0.932. The van der Waals surface area contributed by atoms with Crippen molar-refractivity contribution in [1.29, 1.82) is 0 Å². The van der Waals surface area contributed by atoms with Crippen molar-refractivity contribution in [2.45, 2.75) is 18.9 Å². The van der Waals surface area contributed by atoms with Gasteiger partial charge in [-0.1, -0.05) is 28.1 Å². The highest BCUT2D eigenvalue weighted by Gasteiger charge is 2.22. The van der Waals surface area contributed by atoms with Gasteiger partial charge in [0.05, 0.1) is 13.2 Å². The van der Waals surface area contributed by atoms with Crippen LogP contribution in [0.1, 0.15) is 23.6 Å². The summed E-state index contributed by atoms with van der Waals surface area (Å²) in [5.41, 5.74) is 3.93. The Kier molecular flexibility index (Phi) is 3.47. The Labute approximate surface area is 121 Å². The van der Waals surface area contributed by atoms with Gasteiger partial charge in [-0.15, -0.1) is 0 Å². The third-order valence-corrected chi connectivity index (χ3v) is 4.09. The van der Waals surface area contributed by atoms with Crippen LogP contribution >= 0.6 is 15.9 Å². The lowest BCUT2D eigenvalue weighted by Crippen LogP contribution is -2.07. The first kappa shape index (κ1) is 12.5. The molecule has 0 fully saturated rings. The second-order valence-electron chi connectivity index (χ2n) is 4.81. The van der Waals surface area contributed by atoms with E-state index in [9.17, 15) is 0 Å². The van der Waals surface area contributed by atoms with Crippen LogP contribution in [-0.4, -0.2) is 7.11 Å². The molecule has 0 radical (unpaired) electrons. The highest BCUT2D eigenvalue weighted by molar-refractivity contribution is 9.10. The first-order valence-corrected chi connectivity index (χ1v) is 7.24. The third-order valence-electron chi connectivity index (χ3n) is 3.60. The Morgan fingerprint density at radius 1 is 1.21 bits per heavy atom. The molecule has 0 heterocycles. The van der Waals surface area contributed by atoms with Crippen molar-refractivity contribution < 1.29 is 4.74 Å². The topological polar surface area (TPSA) is 21.3 Å². The lowest BCUT2D eigenvalue weighted by Gasteiger charge is -2.16. The van der Waals surface area contributed by atoms with Crippen LogP contribution in [-0.2, 0) is 6.42 Å². The molecule has 1 N–H and O–H groups in total. The van der Waals surface area contributed by atoms with Crippen LogP contribution in [0.4, 0.5) is 5.69 Å². The number of hydrogen-bond acceptors (Lipinski definition) is 2. The van der Waals surface area contributed by atoms with Gasteiger partial charge in [-0.2, -0.15) is 0 Å². The summed E-state index contributed by atoms with van der Waals surface area (Å²) in [4.78, 5) is 0. The van der Waals surface area contributed by atoms with Gasteiger partial charge in [0.15, 0.2) is 0 Å². The zero-order valence-corrected chi connectivity index (χ0v) is 12.4. The first-order chi connectivity index (χ1) is 9.26. The first-order valence-electron chi connectivity index (χ1n) is 6.45. The van der Waals surface area contributed by atoms with Gasteiger partial charge in [-0.05, 0) is 54.3 Å². The molecule has 19 heavy (non-hydrogen) atoms. The fraction of sp³-hybridized carbons (Fsp3) is 0.250. The maximum absolute atomic E-state index is 5.32. The molecule has 1 atom stereocenters. The summed E-state index contributed by atoms with van der Waals surface area (Å²) in [7, 11) is 1.72.